The van der Waals surface area contributed by atoms with Gasteiger partial charge in [0.2, 0.25) is 5.91 Å². The van der Waals surface area contributed by atoms with Crippen molar-refractivity contribution in [3.8, 4) is 17.2 Å². The number of ether oxygens (including phenoxy) is 3. The second kappa shape index (κ2) is 10.7. The third-order valence-electron chi connectivity index (χ3n) is 5.49. The fraction of sp³-hybridized carbons (Fsp3) is 0.259. The van der Waals surface area contributed by atoms with E-state index in [1.165, 1.54) is 0 Å². The Morgan fingerprint density at radius 1 is 1.06 bits per heavy atom. The van der Waals surface area contributed by atoms with Crippen LogP contribution in [-0.4, -0.2) is 38.7 Å². The minimum absolute atomic E-state index is 0.00505. The highest BCUT2D eigenvalue weighted by Gasteiger charge is 2.25. The third-order valence-corrected chi connectivity index (χ3v) is 5.49. The van der Waals surface area contributed by atoms with Crippen LogP contribution in [0, 0.1) is 6.92 Å². The summed E-state index contributed by atoms with van der Waals surface area (Å²) >= 11 is 0. The maximum absolute atomic E-state index is 12.6. The second-order valence-electron chi connectivity index (χ2n) is 8.11. The predicted octanol–water partition coefficient (Wildman–Crippen LogP) is 4.38. The maximum Gasteiger partial charge on any atom is 0.265 e. The first kappa shape index (κ1) is 23.2. The van der Waals surface area contributed by atoms with Crippen molar-refractivity contribution in [1.29, 1.82) is 0 Å². The highest BCUT2D eigenvalue weighted by molar-refractivity contribution is 5.99. The highest BCUT2D eigenvalue weighted by Crippen LogP contribution is 2.34. The van der Waals surface area contributed by atoms with Gasteiger partial charge in [0, 0.05) is 12.2 Å². The Kier molecular flexibility index (Phi) is 7.32. The molecule has 1 N–H and O–H groups in total. The normalized spacial score (nSPS) is 12.5. The van der Waals surface area contributed by atoms with Crippen molar-refractivity contribution in [2.75, 3.05) is 37.1 Å². The van der Waals surface area contributed by atoms with Crippen LogP contribution in [0.5, 0.6) is 17.2 Å². The molecule has 34 heavy (non-hydrogen) atoms. The predicted molar refractivity (Wildman–Crippen MR) is 131 cm³/mol. The molecule has 0 atom stereocenters. The first-order chi connectivity index (χ1) is 16.5. The lowest BCUT2D eigenvalue weighted by atomic mass is 10.1. The Morgan fingerprint density at radius 2 is 1.88 bits per heavy atom. The highest BCUT2D eigenvalue weighted by atomic mass is 16.5. The molecule has 2 amide bonds. The van der Waals surface area contributed by atoms with Gasteiger partial charge in [-0.1, -0.05) is 24.3 Å². The summed E-state index contributed by atoms with van der Waals surface area (Å²) in [4.78, 5) is 26.8. The number of nitrogens with zero attached hydrogens (tertiary/aromatic N) is 1. The molecule has 1 aliphatic rings. The van der Waals surface area contributed by atoms with Crippen molar-refractivity contribution in [3.63, 3.8) is 0 Å². The molecule has 176 valence electrons. The minimum Gasteiger partial charge on any atom is -0.497 e. The Labute approximate surface area is 199 Å². The van der Waals surface area contributed by atoms with Crippen LogP contribution in [-0.2, 0) is 16.0 Å². The Balaban J connectivity index is 1.37. The molecule has 7 nitrogen and oxygen atoms in total. The van der Waals surface area contributed by atoms with Crippen LogP contribution in [0.15, 0.2) is 66.7 Å². The van der Waals surface area contributed by atoms with Gasteiger partial charge >= 0.3 is 0 Å². The summed E-state index contributed by atoms with van der Waals surface area (Å²) in [6.45, 7) is 2.99. The monoisotopic (exact) mass is 460 g/mol. The van der Waals surface area contributed by atoms with Crippen molar-refractivity contribution in [3.05, 3.63) is 77.9 Å². The average molecular weight is 461 g/mol. The molecule has 1 heterocycles. The number of nitrogens with one attached hydrogen (secondary N) is 1. The summed E-state index contributed by atoms with van der Waals surface area (Å²) in [5, 5.41) is 2.91. The topological polar surface area (TPSA) is 77.1 Å². The number of hydrogen-bond acceptors (Lipinski definition) is 5. The number of amides is 2. The second-order valence-corrected chi connectivity index (χ2v) is 8.11. The van der Waals surface area contributed by atoms with Crippen LogP contribution >= 0.6 is 0 Å². The van der Waals surface area contributed by atoms with Crippen LogP contribution in [0.2, 0.25) is 0 Å². The molecule has 3 aromatic carbocycles. The molecule has 7 heteroatoms. The van der Waals surface area contributed by atoms with E-state index in [1.54, 1.807) is 30.2 Å². The lowest BCUT2D eigenvalue weighted by molar-refractivity contribution is -0.121. The molecule has 0 saturated heterocycles. The van der Waals surface area contributed by atoms with E-state index in [-0.39, 0.29) is 24.8 Å². The molecule has 0 aromatic heterocycles. The van der Waals surface area contributed by atoms with Gasteiger partial charge in [-0.3, -0.25) is 9.59 Å². The fourth-order valence-corrected chi connectivity index (χ4v) is 3.78. The van der Waals surface area contributed by atoms with Gasteiger partial charge in [-0.15, -0.1) is 0 Å². The van der Waals surface area contributed by atoms with Crippen molar-refractivity contribution in [1.82, 2.24) is 0 Å². The maximum atomic E-state index is 12.6. The largest absolute Gasteiger partial charge is 0.497 e. The van der Waals surface area contributed by atoms with E-state index in [0.717, 1.165) is 22.6 Å². The van der Waals surface area contributed by atoms with Gasteiger partial charge < -0.3 is 24.4 Å². The molecular formula is C27H28N2O5. The molecular weight excluding hydrogens is 432 g/mol. The van der Waals surface area contributed by atoms with Gasteiger partial charge in [0.05, 0.1) is 25.8 Å². The SMILES string of the molecule is COc1ccc(CC(=O)Nc2ccc3c(c2)N(CCCOc2cccc(C)c2)C(=O)CO3)cc1. The quantitative estimate of drug-likeness (QED) is 0.480. The van der Waals surface area contributed by atoms with Crippen molar-refractivity contribution >= 4 is 23.2 Å². The van der Waals surface area contributed by atoms with Crippen LogP contribution in [0.1, 0.15) is 17.5 Å². The van der Waals surface area contributed by atoms with Gasteiger partial charge in [-0.25, -0.2) is 0 Å². The third kappa shape index (κ3) is 5.86. The first-order valence-electron chi connectivity index (χ1n) is 11.2. The standard InChI is InChI=1S/C27H28N2O5/c1-19-5-3-6-23(15-19)33-14-4-13-29-24-17-21(9-12-25(24)34-18-27(29)31)28-26(30)16-20-7-10-22(32-2)11-8-20/h3,5-12,15,17H,4,13-14,16,18H2,1-2H3,(H,28,30). The summed E-state index contributed by atoms with van der Waals surface area (Å²) in [6.07, 6.45) is 0.893. The smallest absolute Gasteiger partial charge is 0.265 e. The number of fused-ring (bicyclic) bond motifs is 1. The van der Waals surface area contributed by atoms with Crippen LogP contribution in [0.25, 0.3) is 0 Å². The summed E-state index contributed by atoms with van der Waals surface area (Å²) in [7, 11) is 1.60. The number of anilines is 2. The minimum atomic E-state index is -0.147. The van der Waals surface area contributed by atoms with E-state index in [0.29, 0.717) is 36.7 Å². The molecule has 3 aromatic rings. The van der Waals surface area contributed by atoms with Gasteiger partial charge in [0.25, 0.3) is 5.91 Å². The van der Waals surface area contributed by atoms with E-state index in [2.05, 4.69) is 5.32 Å². The van der Waals surface area contributed by atoms with Gasteiger partial charge in [0.15, 0.2) is 6.61 Å². The summed E-state index contributed by atoms with van der Waals surface area (Å²) in [6, 6.07) is 20.6. The zero-order chi connectivity index (χ0) is 23.9. The number of rotatable bonds is 9. The molecule has 4 rings (SSSR count). The summed E-state index contributed by atoms with van der Waals surface area (Å²) in [5.41, 5.74) is 3.27. The number of carbonyl (C=O) groups is 2. The molecule has 0 saturated carbocycles. The first-order valence-corrected chi connectivity index (χ1v) is 11.2. The number of carbonyl (C=O) groups excluding carboxylic acids is 2. The van der Waals surface area contributed by atoms with E-state index in [9.17, 15) is 9.59 Å². The Hall–Kier alpha value is -4.00. The van der Waals surface area contributed by atoms with Crippen LogP contribution in [0.4, 0.5) is 11.4 Å². The van der Waals surface area contributed by atoms with Crippen LogP contribution in [0.3, 0.4) is 0 Å². The fourth-order valence-electron chi connectivity index (χ4n) is 3.78. The summed E-state index contributed by atoms with van der Waals surface area (Å²) < 4.78 is 16.6. The zero-order valence-corrected chi connectivity index (χ0v) is 19.4. The van der Waals surface area contributed by atoms with E-state index < -0.39 is 0 Å². The van der Waals surface area contributed by atoms with Crippen molar-refractivity contribution in [2.24, 2.45) is 0 Å². The van der Waals surface area contributed by atoms with E-state index in [1.807, 2.05) is 55.5 Å². The summed E-state index contributed by atoms with van der Waals surface area (Å²) in [5.74, 6) is 1.91. The molecule has 0 radical (unpaired) electrons. The lowest BCUT2D eigenvalue weighted by Crippen LogP contribution is -2.39. The number of methoxy groups -OCH3 is 1. The zero-order valence-electron chi connectivity index (χ0n) is 19.4. The molecule has 0 bridgehead atoms. The van der Waals surface area contributed by atoms with E-state index in [4.69, 9.17) is 14.2 Å². The Morgan fingerprint density at radius 3 is 2.65 bits per heavy atom. The number of benzene rings is 3. The number of hydrogen-bond donors (Lipinski definition) is 1. The molecule has 0 spiro atoms. The molecule has 0 fully saturated rings. The van der Waals surface area contributed by atoms with Gasteiger partial charge in [-0.2, -0.15) is 0 Å². The van der Waals surface area contributed by atoms with E-state index >= 15 is 0 Å². The molecule has 0 unspecified atom stereocenters. The lowest BCUT2D eigenvalue weighted by Gasteiger charge is -2.30. The van der Waals surface area contributed by atoms with Crippen LogP contribution < -0.4 is 24.4 Å². The average Bonchev–Trinajstić information content (AvgIpc) is 2.83. The van der Waals surface area contributed by atoms with Gasteiger partial charge in [-0.05, 0) is 66.9 Å². The molecule has 1 aliphatic heterocycles. The molecule has 0 aliphatic carbocycles. The van der Waals surface area contributed by atoms with Gasteiger partial charge in [0.1, 0.15) is 17.2 Å². The number of aryl methyl sites for hydroxylation is 1. The Bertz CT molecular complexity index is 1160. The van der Waals surface area contributed by atoms with Crippen molar-refractivity contribution in [2.45, 2.75) is 19.8 Å². The van der Waals surface area contributed by atoms with Crippen molar-refractivity contribution < 1.29 is 23.8 Å².